The molecule has 0 aliphatic carbocycles. The van der Waals surface area contributed by atoms with Crippen molar-refractivity contribution in [3.63, 3.8) is 0 Å². The molecule has 0 spiro atoms. The maximum atomic E-state index is 12.6. The number of anilines is 1. The summed E-state index contributed by atoms with van der Waals surface area (Å²) in [6, 6.07) is 4.88. The molecule has 0 radical (unpaired) electrons. The van der Waals surface area contributed by atoms with E-state index in [1.165, 1.54) is 19.1 Å². The van der Waals surface area contributed by atoms with E-state index in [1.807, 2.05) is 0 Å². The minimum atomic E-state index is -1.19. The van der Waals surface area contributed by atoms with E-state index in [-0.39, 0.29) is 0 Å². The summed E-state index contributed by atoms with van der Waals surface area (Å²) < 4.78 is 24.2. The van der Waals surface area contributed by atoms with Crippen LogP contribution in [0.4, 0.5) is 14.6 Å². The van der Waals surface area contributed by atoms with Crippen LogP contribution in [0, 0.1) is 5.82 Å². The first kappa shape index (κ1) is 12.1. The number of carbonyl (C=O) groups excluding carboxylic acids is 2. The Bertz CT molecular complexity index is 392. The first-order chi connectivity index (χ1) is 7.54. The SMILES string of the molecule is CC(=O)N(CC(=O)OF)c1ccc(F)cc1. The van der Waals surface area contributed by atoms with Crippen LogP contribution < -0.4 is 4.90 Å². The van der Waals surface area contributed by atoms with Crippen LogP contribution in [0.15, 0.2) is 24.3 Å². The molecule has 0 aromatic heterocycles. The highest BCUT2D eigenvalue weighted by atomic mass is 19.3. The smallest absolute Gasteiger partial charge is 0.301 e. The maximum Gasteiger partial charge on any atom is 0.368 e. The van der Waals surface area contributed by atoms with Crippen LogP contribution in [0.1, 0.15) is 6.92 Å². The summed E-state index contributed by atoms with van der Waals surface area (Å²) in [5, 5.41) is 0. The Balaban J connectivity index is 2.89. The van der Waals surface area contributed by atoms with Crippen molar-refractivity contribution < 1.29 is 23.4 Å². The zero-order valence-corrected chi connectivity index (χ0v) is 8.44. The highest BCUT2D eigenvalue weighted by Crippen LogP contribution is 2.14. The van der Waals surface area contributed by atoms with Gasteiger partial charge in [-0.25, -0.2) is 9.18 Å². The summed E-state index contributed by atoms with van der Waals surface area (Å²) in [6.07, 6.45) is 0. The van der Waals surface area contributed by atoms with Gasteiger partial charge in [0, 0.05) is 17.1 Å². The largest absolute Gasteiger partial charge is 0.368 e. The van der Waals surface area contributed by atoms with E-state index in [2.05, 4.69) is 4.94 Å². The van der Waals surface area contributed by atoms with Gasteiger partial charge in [-0.05, 0) is 24.3 Å². The van der Waals surface area contributed by atoms with Crippen molar-refractivity contribution in [2.75, 3.05) is 11.4 Å². The van der Waals surface area contributed by atoms with Crippen LogP contribution in [0.2, 0.25) is 0 Å². The number of hydrogen-bond donors (Lipinski definition) is 0. The van der Waals surface area contributed by atoms with E-state index in [9.17, 15) is 18.5 Å². The first-order valence-electron chi connectivity index (χ1n) is 4.39. The molecular formula is C10H9F2NO3. The summed E-state index contributed by atoms with van der Waals surface area (Å²) in [7, 11) is 0. The molecule has 4 nitrogen and oxygen atoms in total. The Morgan fingerprint density at radius 1 is 1.31 bits per heavy atom. The molecule has 1 amide bonds. The third-order valence-corrected chi connectivity index (χ3v) is 1.89. The number of benzene rings is 1. The second-order valence-electron chi connectivity index (χ2n) is 3.03. The fourth-order valence-electron chi connectivity index (χ4n) is 1.16. The molecule has 0 bridgehead atoms. The van der Waals surface area contributed by atoms with Crippen LogP contribution in [-0.4, -0.2) is 18.4 Å². The summed E-state index contributed by atoms with van der Waals surface area (Å²) in [6.45, 7) is 0.645. The van der Waals surface area contributed by atoms with Gasteiger partial charge in [-0.15, -0.1) is 0 Å². The second kappa shape index (κ2) is 5.20. The predicted octanol–water partition coefficient (Wildman–Crippen LogP) is 1.61. The molecule has 0 saturated heterocycles. The molecule has 1 rings (SSSR count). The molecule has 0 unspecified atom stereocenters. The van der Waals surface area contributed by atoms with Crippen LogP contribution in [0.3, 0.4) is 0 Å². The minimum Gasteiger partial charge on any atom is -0.301 e. The van der Waals surface area contributed by atoms with Gasteiger partial charge in [-0.1, -0.05) is 0 Å². The summed E-state index contributed by atoms with van der Waals surface area (Å²) in [5.41, 5.74) is 0.291. The van der Waals surface area contributed by atoms with E-state index in [0.717, 1.165) is 17.0 Å². The Morgan fingerprint density at radius 3 is 2.31 bits per heavy atom. The van der Waals surface area contributed by atoms with Gasteiger partial charge in [0.15, 0.2) is 0 Å². The van der Waals surface area contributed by atoms with E-state index in [4.69, 9.17) is 0 Å². The van der Waals surface area contributed by atoms with Crippen LogP contribution in [0.25, 0.3) is 0 Å². The van der Waals surface area contributed by atoms with Crippen molar-refractivity contribution in [2.45, 2.75) is 6.92 Å². The zero-order chi connectivity index (χ0) is 12.1. The Kier molecular flexibility index (Phi) is 3.93. The quantitative estimate of drug-likeness (QED) is 0.791. The number of amides is 1. The molecule has 0 aliphatic heterocycles. The van der Waals surface area contributed by atoms with Gasteiger partial charge in [0.1, 0.15) is 12.4 Å². The fraction of sp³-hybridized carbons (Fsp3) is 0.200. The number of halogens is 2. The Hall–Kier alpha value is -1.98. The minimum absolute atomic E-state index is 0.291. The molecule has 0 saturated carbocycles. The Morgan fingerprint density at radius 2 is 1.88 bits per heavy atom. The van der Waals surface area contributed by atoms with Crippen molar-refractivity contribution >= 4 is 17.6 Å². The van der Waals surface area contributed by atoms with Gasteiger partial charge < -0.3 is 4.90 Å². The van der Waals surface area contributed by atoms with Gasteiger partial charge >= 0.3 is 5.97 Å². The normalized spacial score (nSPS) is 9.69. The first-order valence-corrected chi connectivity index (χ1v) is 4.39. The maximum absolute atomic E-state index is 12.6. The fourth-order valence-corrected chi connectivity index (χ4v) is 1.16. The summed E-state index contributed by atoms with van der Waals surface area (Å²) in [4.78, 5) is 25.8. The lowest BCUT2D eigenvalue weighted by atomic mass is 10.2. The molecule has 6 heteroatoms. The monoisotopic (exact) mass is 229 g/mol. The van der Waals surface area contributed by atoms with Crippen molar-refractivity contribution in [3.8, 4) is 0 Å². The lowest BCUT2D eigenvalue weighted by Crippen LogP contribution is -2.34. The van der Waals surface area contributed by atoms with Crippen LogP contribution in [0.5, 0.6) is 0 Å². The molecular weight excluding hydrogens is 220 g/mol. The van der Waals surface area contributed by atoms with Crippen LogP contribution in [-0.2, 0) is 14.5 Å². The number of hydrogen-bond acceptors (Lipinski definition) is 3. The molecule has 0 heterocycles. The van der Waals surface area contributed by atoms with Crippen molar-refractivity contribution in [2.24, 2.45) is 0 Å². The molecule has 16 heavy (non-hydrogen) atoms. The third-order valence-electron chi connectivity index (χ3n) is 1.89. The van der Waals surface area contributed by atoms with E-state index >= 15 is 0 Å². The average molecular weight is 229 g/mol. The third kappa shape index (κ3) is 3.01. The molecule has 0 N–H and O–H groups in total. The molecule has 86 valence electrons. The lowest BCUT2D eigenvalue weighted by molar-refractivity contribution is -0.181. The Labute approximate surface area is 90.3 Å². The lowest BCUT2D eigenvalue weighted by Gasteiger charge is -2.18. The molecule has 0 atom stereocenters. The zero-order valence-electron chi connectivity index (χ0n) is 8.44. The molecule has 1 aromatic carbocycles. The molecule has 0 fully saturated rings. The highest BCUT2D eigenvalue weighted by molar-refractivity contribution is 5.96. The van der Waals surface area contributed by atoms with Crippen molar-refractivity contribution in [1.29, 1.82) is 0 Å². The molecule has 0 aliphatic rings. The number of rotatable bonds is 3. The van der Waals surface area contributed by atoms with Gasteiger partial charge in [0.05, 0.1) is 0 Å². The van der Waals surface area contributed by atoms with Gasteiger partial charge in [0.25, 0.3) is 0 Å². The number of nitrogens with zero attached hydrogens (tertiary/aromatic N) is 1. The molecule has 1 aromatic rings. The standard InChI is InChI=1S/C10H9F2NO3/c1-7(14)13(6-10(15)16-12)9-4-2-8(11)3-5-9/h2-5H,6H2,1H3. The van der Waals surface area contributed by atoms with Crippen molar-refractivity contribution in [1.82, 2.24) is 0 Å². The van der Waals surface area contributed by atoms with E-state index in [1.54, 1.807) is 0 Å². The summed E-state index contributed by atoms with van der Waals surface area (Å²) in [5.74, 6) is -2.14. The van der Waals surface area contributed by atoms with Gasteiger partial charge in [0.2, 0.25) is 5.91 Å². The van der Waals surface area contributed by atoms with Crippen molar-refractivity contribution in [3.05, 3.63) is 30.1 Å². The topological polar surface area (TPSA) is 46.6 Å². The predicted molar refractivity (Wildman–Crippen MR) is 51.6 cm³/mol. The van der Waals surface area contributed by atoms with E-state index < -0.39 is 24.2 Å². The highest BCUT2D eigenvalue weighted by Gasteiger charge is 2.17. The average Bonchev–Trinajstić information content (AvgIpc) is 2.26. The van der Waals surface area contributed by atoms with E-state index in [0.29, 0.717) is 5.69 Å². The number of carbonyl (C=O) groups is 2. The van der Waals surface area contributed by atoms with Crippen LogP contribution >= 0.6 is 0 Å². The van der Waals surface area contributed by atoms with Gasteiger partial charge in [-0.2, -0.15) is 0 Å². The summed E-state index contributed by atoms with van der Waals surface area (Å²) >= 11 is 0. The second-order valence-corrected chi connectivity index (χ2v) is 3.03. The van der Waals surface area contributed by atoms with Gasteiger partial charge in [-0.3, -0.25) is 9.74 Å².